The van der Waals surface area contributed by atoms with Crippen LogP contribution >= 0.6 is 11.3 Å². The molecule has 0 aromatic carbocycles. The topological polar surface area (TPSA) is 67.6 Å². The minimum atomic E-state index is -0.190. The highest BCUT2D eigenvalue weighted by atomic mass is 32.1. The molecule has 1 aromatic heterocycles. The third-order valence-corrected chi connectivity index (χ3v) is 4.15. The summed E-state index contributed by atoms with van der Waals surface area (Å²) in [5.74, 6) is 0.423. The lowest BCUT2D eigenvalue weighted by Gasteiger charge is -2.21. The van der Waals surface area contributed by atoms with E-state index in [9.17, 15) is 4.79 Å². The monoisotopic (exact) mass is 311 g/mol. The summed E-state index contributed by atoms with van der Waals surface area (Å²) in [6.07, 6.45) is 1.64. The van der Waals surface area contributed by atoms with Crippen LogP contribution in [0.5, 0.6) is 5.75 Å². The lowest BCUT2D eigenvalue weighted by molar-refractivity contribution is 0.0962. The predicted molar refractivity (Wildman–Crippen MR) is 90.6 cm³/mol. The highest BCUT2D eigenvalue weighted by molar-refractivity contribution is 7.19. The van der Waals surface area contributed by atoms with Gasteiger partial charge >= 0.3 is 0 Å². The first kappa shape index (κ1) is 17.4. The Kier molecular flexibility index (Phi) is 6.55. The number of hydrogen-bond acceptors (Lipinski definition) is 5. The van der Waals surface area contributed by atoms with E-state index in [4.69, 9.17) is 10.5 Å². The summed E-state index contributed by atoms with van der Waals surface area (Å²) in [6.45, 7) is 13.7. The molecular formula is C15H25N3O2S. The van der Waals surface area contributed by atoms with Crippen molar-refractivity contribution in [1.82, 2.24) is 5.32 Å². The summed E-state index contributed by atoms with van der Waals surface area (Å²) in [4.78, 5) is 14.8. The molecule has 0 saturated carbocycles. The summed E-state index contributed by atoms with van der Waals surface area (Å²) in [5.41, 5.74) is 6.56. The highest BCUT2D eigenvalue weighted by Gasteiger charge is 2.25. The van der Waals surface area contributed by atoms with E-state index in [0.717, 1.165) is 18.1 Å². The SMILES string of the molecule is C=CCNC(=O)c1sc(N(CC)CC)c(OC(C)C)c1N. The van der Waals surface area contributed by atoms with E-state index in [-0.39, 0.29) is 12.0 Å². The molecule has 6 heteroatoms. The standard InChI is InChI=1S/C15H25N3O2S/c1-6-9-17-14(19)13-11(16)12(20-10(4)5)15(21-13)18(7-2)8-3/h6,10H,1,7-9,16H2,2-5H3,(H,17,19). The Bertz CT molecular complexity index is 493. The van der Waals surface area contributed by atoms with Crippen molar-refractivity contribution < 1.29 is 9.53 Å². The van der Waals surface area contributed by atoms with Crippen molar-refractivity contribution in [2.45, 2.75) is 33.8 Å². The number of carbonyl (C=O) groups excluding carboxylic acids is 1. The summed E-state index contributed by atoms with van der Waals surface area (Å²) >= 11 is 1.37. The number of thiophene rings is 1. The Labute approximate surface area is 130 Å². The van der Waals surface area contributed by atoms with Crippen LogP contribution in [-0.4, -0.2) is 31.6 Å². The molecule has 118 valence electrons. The van der Waals surface area contributed by atoms with E-state index in [1.54, 1.807) is 6.08 Å². The van der Waals surface area contributed by atoms with E-state index in [0.29, 0.717) is 22.9 Å². The van der Waals surface area contributed by atoms with Crippen molar-refractivity contribution in [2.24, 2.45) is 0 Å². The number of nitrogen functional groups attached to an aromatic ring is 1. The van der Waals surface area contributed by atoms with Gasteiger partial charge in [0.1, 0.15) is 15.6 Å². The number of anilines is 2. The number of nitrogens with two attached hydrogens (primary N) is 1. The van der Waals surface area contributed by atoms with Crippen LogP contribution in [0.4, 0.5) is 10.7 Å². The van der Waals surface area contributed by atoms with Crippen LogP contribution in [0.3, 0.4) is 0 Å². The zero-order valence-corrected chi connectivity index (χ0v) is 14.0. The fourth-order valence-electron chi connectivity index (χ4n) is 1.90. The molecule has 0 aliphatic carbocycles. The van der Waals surface area contributed by atoms with Crippen molar-refractivity contribution in [3.8, 4) is 5.75 Å². The second-order valence-corrected chi connectivity index (χ2v) is 5.82. The maximum absolute atomic E-state index is 12.2. The number of ether oxygens (including phenoxy) is 1. The Morgan fingerprint density at radius 1 is 1.48 bits per heavy atom. The second kappa shape index (κ2) is 7.93. The molecule has 0 fully saturated rings. The maximum atomic E-state index is 12.2. The minimum Gasteiger partial charge on any atom is -0.486 e. The van der Waals surface area contributed by atoms with Crippen molar-refractivity contribution >= 4 is 27.9 Å². The Morgan fingerprint density at radius 3 is 2.57 bits per heavy atom. The van der Waals surface area contributed by atoms with Crippen LogP contribution in [0.1, 0.15) is 37.4 Å². The van der Waals surface area contributed by atoms with Gasteiger partial charge in [-0.2, -0.15) is 0 Å². The minimum absolute atomic E-state index is 0.000276. The van der Waals surface area contributed by atoms with Gasteiger partial charge in [0.15, 0.2) is 5.75 Å². The molecule has 3 N–H and O–H groups in total. The van der Waals surface area contributed by atoms with E-state index in [1.807, 2.05) is 13.8 Å². The maximum Gasteiger partial charge on any atom is 0.263 e. The van der Waals surface area contributed by atoms with Crippen molar-refractivity contribution in [3.63, 3.8) is 0 Å². The smallest absolute Gasteiger partial charge is 0.263 e. The molecule has 5 nitrogen and oxygen atoms in total. The number of carbonyl (C=O) groups is 1. The molecule has 1 rings (SSSR count). The highest BCUT2D eigenvalue weighted by Crippen LogP contribution is 2.45. The van der Waals surface area contributed by atoms with Gasteiger partial charge in [0.25, 0.3) is 5.91 Å². The Hall–Kier alpha value is -1.69. The van der Waals surface area contributed by atoms with Crippen LogP contribution in [0.25, 0.3) is 0 Å². The van der Waals surface area contributed by atoms with Gasteiger partial charge in [-0.3, -0.25) is 4.79 Å². The Balaban J connectivity index is 3.22. The molecule has 1 aromatic rings. The van der Waals surface area contributed by atoms with E-state index in [1.165, 1.54) is 11.3 Å². The van der Waals surface area contributed by atoms with Gasteiger partial charge in [-0.1, -0.05) is 6.08 Å². The van der Waals surface area contributed by atoms with Crippen LogP contribution in [0, 0.1) is 0 Å². The van der Waals surface area contributed by atoms with E-state index >= 15 is 0 Å². The first-order valence-corrected chi connectivity index (χ1v) is 8.00. The molecule has 0 unspecified atom stereocenters. The number of nitrogens with one attached hydrogen (secondary N) is 1. The van der Waals surface area contributed by atoms with E-state index < -0.39 is 0 Å². The van der Waals surface area contributed by atoms with Gasteiger partial charge in [-0.25, -0.2) is 0 Å². The number of nitrogens with zero attached hydrogens (tertiary/aromatic N) is 1. The summed E-state index contributed by atoms with van der Waals surface area (Å²) < 4.78 is 5.84. The average molecular weight is 311 g/mol. The lowest BCUT2D eigenvalue weighted by atomic mass is 10.3. The zero-order valence-electron chi connectivity index (χ0n) is 13.2. The number of hydrogen-bond donors (Lipinski definition) is 2. The molecule has 1 amide bonds. The normalized spacial score (nSPS) is 10.5. The summed E-state index contributed by atoms with van der Waals surface area (Å²) in [7, 11) is 0. The van der Waals surface area contributed by atoms with Gasteiger partial charge < -0.3 is 20.7 Å². The second-order valence-electron chi connectivity index (χ2n) is 4.82. The predicted octanol–water partition coefficient (Wildman–Crippen LogP) is 2.88. The first-order chi connectivity index (χ1) is 9.96. The number of amides is 1. The fraction of sp³-hybridized carbons (Fsp3) is 0.533. The van der Waals surface area contributed by atoms with Gasteiger partial charge in [-0.05, 0) is 27.7 Å². The number of rotatable bonds is 8. The van der Waals surface area contributed by atoms with Crippen molar-refractivity contribution in [1.29, 1.82) is 0 Å². The average Bonchev–Trinajstić information content (AvgIpc) is 2.75. The lowest BCUT2D eigenvalue weighted by Crippen LogP contribution is -2.23. The third kappa shape index (κ3) is 4.14. The fourth-order valence-corrected chi connectivity index (χ4v) is 3.10. The zero-order chi connectivity index (χ0) is 16.0. The van der Waals surface area contributed by atoms with Gasteiger partial charge in [0, 0.05) is 19.6 Å². The van der Waals surface area contributed by atoms with Gasteiger partial charge in [0.2, 0.25) is 0 Å². The molecule has 0 saturated heterocycles. The molecule has 0 spiro atoms. The first-order valence-electron chi connectivity index (χ1n) is 7.19. The quantitative estimate of drug-likeness (QED) is 0.724. The molecule has 1 heterocycles. The largest absolute Gasteiger partial charge is 0.486 e. The molecule has 21 heavy (non-hydrogen) atoms. The van der Waals surface area contributed by atoms with Crippen molar-refractivity contribution in [2.75, 3.05) is 30.3 Å². The molecule has 0 radical (unpaired) electrons. The Morgan fingerprint density at radius 2 is 2.10 bits per heavy atom. The molecular weight excluding hydrogens is 286 g/mol. The molecule has 0 atom stereocenters. The van der Waals surface area contributed by atoms with Crippen LogP contribution in [-0.2, 0) is 0 Å². The van der Waals surface area contributed by atoms with Gasteiger partial charge in [-0.15, -0.1) is 17.9 Å². The summed E-state index contributed by atoms with van der Waals surface area (Å²) in [6, 6.07) is 0. The van der Waals surface area contributed by atoms with Gasteiger partial charge in [0.05, 0.1) is 6.10 Å². The molecule has 0 aliphatic rings. The van der Waals surface area contributed by atoms with E-state index in [2.05, 4.69) is 30.6 Å². The van der Waals surface area contributed by atoms with Crippen LogP contribution in [0.2, 0.25) is 0 Å². The molecule has 0 aliphatic heterocycles. The molecule has 0 bridgehead atoms. The van der Waals surface area contributed by atoms with Crippen LogP contribution < -0.4 is 20.7 Å². The third-order valence-electron chi connectivity index (χ3n) is 2.90. The summed E-state index contributed by atoms with van der Waals surface area (Å²) in [5, 5.41) is 3.67. The van der Waals surface area contributed by atoms with Crippen molar-refractivity contribution in [3.05, 3.63) is 17.5 Å². The van der Waals surface area contributed by atoms with Crippen LogP contribution in [0.15, 0.2) is 12.7 Å².